The molecule has 0 aliphatic heterocycles. The summed E-state index contributed by atoms with van der Waals surface area (Å²) in [5.74, 6) is 0.141. The minimum Gasteiger partial charge on any atom is -0.379 e. The Hall–Kier alpha value is -0.690. The molecule has 0 aromatic carbocycles. The summed E-state index contributed by atoms with van der Waals surface area (Å²) < 4.78 is 10.8. The molecule has 0 aliphatic rings. The number of amides is 1. The van der Waals surface area contributed by atoms with Crippen molar-refractivity contribution in [3.05, 3.63) is 0 Å². The highest BCUT2D eigenvalue weighted by Crippen LogP contribution is 1.95. The van der Waals surface area contributed by atoms with Gasteiger partial charge >= 0.3 is 0 Å². The van der Waals surface area contributed by atoms with Crippen molar-refractivity contribution >= 4 is 5.91 Å². The van der Waals surface area contributed by atoms with Gasteiger partial charge in [-0.25, -0.2) is 0 Å². The Morgan fingerprint density at radius 1 is 0.762 bits per heavy atom. The van der Waals surface area contributed by atoms with Crippen molar-refractivity contribution in [3.8, 4) is 0 Å². The Kier molecular flexibility index (Phi) is 12.6. The molecule has 0 spiro atoms. The third kappa shape index (κ3) is 14.0. The van der Waals surface area contributed by atoms with Crippen LogP contribution in [0.4, 0.5) is 0 Å². The van der Waals surface area contributed by atoms with Crippen molar-refractivity contribution < 1.29 is 14.3 Å². The first-order valence-corrected chi connectivity index (χ1v) is 7.62. The summed E-state index contributed by atoms with van der Waals surface area (Å²) in [6.45, 7) is 5.02. The summed E-state index contributed by atoms with van der Waals surface area (Å²) in [5.41, 5.74) is 0. The zero-order valence-corrected chi connectivity index (χ0v) is 14.4. The summed E-state index contributed by atoms with van der Waals surface area (Å²) in [6, 6.07) is 0. The predicted molar refractivity (Wildman–Crippen MR) is 85.6 cm³/mol. The molecule has 0 aromatic rings. The minimum absolute atomic E-state index is 0.141. The molecule has 0 saturated heterocycles. The number of hydrogen-bond acceptors (Lipinski definition) is 5. The Morgan fingerprint density at radius 3 is 1.90 bits per heavy atom. The van der Waals surface area contributed by atoms with Crippen molar-refractivity contribution in [2.24, 2.45) is 0 Å². The van der Waals surface area contributed by atoms with E-state index in [-0.39, 0.29) is 5.91 Å². The second-order valence-electron chi connectivity index (χ2n) is 5.75. The number of nitrogens with zero attached hydrogens (tertiary/aromatic N) is 3. The van der Waals surface area contributed by atoms with Gasteiger partial charge in [-0.15, -0.1) is 0 Å². The van der Waals surface area contributed by atoms with E-state index < -0.39 is 0 Å². The lowest BCUT2D eigenvalue weighted by Crippen LogP contribution is -2.30. The van der Waals surface area contributed by atoms with Crippen molar-refractivity contribution in [2.75, 3.05) is 81.3 Å². The predicted octanol–water partition coefficient (Wildman–Crippen LogP) is 0.381. The van der Waals surface area contributed by atoms with Crippen LogP contribution >= 0.6 is 0 Å². The van der Waals surface area contributed by atoms with Gasteiger partial charge in [-0.05, 0) is 41.2 Å². The maximum absolute atomic E-state index is 11.8. The van der Waals surface area contributed by atoms with E-state index in [1.54, 1.807) is 4.90 Å². The average Bonchev–Trinajstić information content (AvgIpc) is 2.40. The fourth-order valence-corrected chi connectivity index (χ4v) is 1.67. The fraction of sp³-hybridized carbons (Fsp3) is 0.933. The van der Waals surface area contributed by atoms with Crippen LogP contribution in [-0.2, 0) is 14.3 Å². The van der Waals surface area contributed by atoms with Crippen LogP contribution in [-0.4, -0.2) is 102 Å². The Morgan fingerprint density at radius 2 is 1.33 bits per heavy atom. The van der Waals surface area contributed by atoms with Crippen LogP contribution in [0.1, 0.15) is 12.8 Å². The van der Waals surface area contributed by atoms with Crippen molar-refractivity contribution in [3.63, 3.8) is 0 Å². The lowest BCUT2D eigenvalue weighted by atomic mass is 10.3. The third-order valence-electron chi connectivity index (χ3n) is 3.04. The van der Waals surface area contributed by atoms with E-state index in [1.165, 1.54) is 0 Å². The quantitative estimate of drug-likeness (QED) is 0.460. The molecule has 6 nitrogen and oxygen atoms in total. The van der Waals surface area contributed by atoms with E-state index in [4.69, 9.17) is 9.47 Å². The fourth-order valence-electron chi connectivity index (χ4n) is 1.67. The molecule has 0 unspecified atom stereocenters. The first-order valence-electron chi connectivity index (χ1n) is 7.62. The maximum Gasteiger partial charge on any atom is 0.224 e. The number of likely N-dealkylation sites (N-methyl/N-ethyl adjacent to an activating group) is 1. The summed E-state index contributed by atoms with van der Waals surface area (Å²) in [5, 5.41) is 0. The smallest absolute Gasteiger partial charge is 0.224 e. The SMILES string of the molecule is CN(C)CCCN(C)C(=O)CCOCCOCCN(C)C. The van der Waals surface area contributed by atoms with Gasteiger partial charge in [-0.3, -0.25) is 4.79 Å². The number of ether oxygens (including phenoxy) is 2. The third-order valence-corrected chi connectivity index (χ3v) is 3.04. The van der Waals surface area contributed by atoms with E-state index in [1.807, 2.05) is 35.2 Å². The Balaban J connectivity index is 3.40. The summed E-state index contributed by atoms with van der Waals surface area (Å²) in [4.78, 5) is 17.8. The van der Waals surface area contributed by atoms with Gasteiger partial charge in [-0.2, -0.15) is 0 Å². The molecular formula is C15H33N3O3. The van der Waals surface area contributed by atoms with Crippen molar-refractivity contribution in [1.29, 1.82) is 0 Å². The molecule has 0 saturated carbocycles. The molecule has 126 valence electrons. The first kappa shape index (κ1) is 20.3. The van der Waals surface area contributed by atoms with Gasteiger partial charge in [0.1, 0.15) is 0 Å². The maximum atomic E-state index is 11.8. The molecule has 1 amide bonds. The number of rotatable bonds is 13. The first-order chi connectivity index (χ1) is 9.93. The van der Waals surface area contributed by atoms with Gasteiger partial charge in [-0.1, -0.05) is 0 Å². The molecule has 0 atom stereocenters. The van der Waals surface area contributed by atoms with Gasteiger partial charge < -0.3 is 24.2 Å². The molecule has 0 bridgehead atoms. The van der Waals surface area contributed by atoms with Gasteiger partial charge in [0.05, 0.1) is 32.8 Å². The van der Waals surface area contributed by atoms with Crippen LogP contribution in [0, 0.1) is 0 Å². The van der Waals surface area contributed by atoms with E-state index >= 15 is 0 Å². The summed E-state index contributed by atoms with van der Waals surface area (Å²) >= 11 is 0. The molecule has 0 aromatic heterocycles. The van der Waals surface area contributed by atoms with Crippen LogP contribution in [0.25, 0.3) is 0 Å². The van der Waals surface area contributed by atoms with Crippen LogP contribution in [0.5, 0.6) is 0 Å². The molecule has 0 heterocycles. The van der Waals surface area contributed by atoms with Crippen LogP contribution < -0.4 is 0 Å². The monoisotopic (exact) mass is 303 g/mol. The van der Waals surface area contributed by atoms with Gasteiger partial charge in [0.2, 0.25) is 5.91 Å². The zero-order chi connectivity index (χ0) is 16.1. The highest BCUT2D eigenvalue weighted by Gasteiger charge is 2.08. The second-order valence-corrected chi connectivity index (χ2v) is 5.75. The molecule has 0 fully saturated rings. The molecule has 21 heavy (non-hydrogen) atoms. The molecule has 0 rings (SSSR count). The summed E-state index contributed by atoms with van der Waals surface area (Å²) in [6.07, 6.45) is 1.44. The number of carbonyl (C=O) groups excluding carboxylic acids is 1. The van der Waals surface area contributed by atoms with Crippen LogP contribution in [0.2, 0.25) is 0 Å². The topological polar surface area (TPSA) is 45.3 Å². The lowest BCUT2D eigenvalue weighted by Gasteiger charge is -2.18. The van der Waals surface area contributed by atoms with Crippen LogP contribution in [0.3, 0.4) is 0 Å². The standard InChI is InChI=1S/C15H33N3O3/c1-16(2)8-6-9-18(5)15(19)7-11-20-13-14-21-12-10-17(3)4/h6-14H2,1-5H3. The number of carbonyl (C=O) groups is 1. The molecule has 0 aliphatic carbocycles. The second kappa shape index (κ2) is 13.0. The highest BCUT2D eigenvalue weighted by molar-refractivity contribution is 5.75. The van der Waals surface area contributed by atoms with Crippen molar-refractivity contribution in [2.45, 2.75) is 12.8 Å². The molecule has 0 N–H and O–H groups in total. The Labute approximate surface area is 130 Å². The Bertz CT molecular complexity index is 261. The van der Waals surface area contributed by atoms with E-state index in [9.17, 15) is 4.79 Å². The number of hydrogen-bond donors (Lipinski definition) is 0. The van der Waals surface area contributed by atoms with E-state index in [0.29, 0.717) is 32.8 Å². The average molecular weight is 303 g/mol. The molecule has 6 heteroatoms. The van der Waals surface area contributed by atoms with Crippen LogP contribution in [0.15, 0.2) is 0 Å². The van der Waals surface area contributed by atoms with Gasteiger partial charge in [0.25, 0.3) is 0 Å². The van der Waals surface area contributed by atoms with E-state index in [2.05, 4.69) is 9.80 Å². The minimum atomic E-state index is 0.141. The molecular weight excluding hydrogens is 270 g/mol. The zero-order valence-electron chi connectivity index (χ0n) is 14.4. The normalized spacial score (nSPS) is 11.4. The van der Waals surface area contributed by atoms with E-state index in [0.717, 1.165) is 26.1 Å². The van der Waals surface area contributed by atoms with Crippen molar-refractivity contribution in [1.82, 2.24) is 14.7 Å². The van der Waals surface area contributed by atoms with Gasteiger partial charge in [0, 0.05) is 20.1 Å². The molecule has 0 radical (unpaired) electrons. The lowest BCUT2D eigenvalue weighted by molar-refractivity contribution is -0.131. The summed E-state index contributed by atoms with van der Waals surface area (Å²) in [7, 11) is 9.95. The largest absolute Gasteiger partial charge is 0.379 e. The van der Waals surface area contributed by atoms with Gasteiger partial charge in [0.15, 0.2) is 0 Å². The highest BCUT2D eigenvalue weighted by atomic mass is 16.5.